The lowest BCUT2D eigenvalue weighted by Gasteiger charge is -2.39. The fraction of sp³-hybridized carbons (Fsp3) is 0.630. The van der Waals surface area contributed by atoms with Crippen molar-refractivity contribution < 1.29 is 14.7 Å². The lowest BCUT2D eigenvalue weighted by molar-refractivity contribution is -0.124. The number of nitrogens with two attached hydrogens (primary N) is 1. The standard InChI is InChI=1S/C27H37N5O3S2/c1-16-5-7-17(8-6-16)23(33)32(18-9-11-19(12-10-18)37-26-29-25(28)30-31-26)21-15-20(13-14-27(2,3)4)36-22(21)24(34)35/h15-19H,5-12H2,1-4H3,(H,34,35)(H3,28,29,30,31)/t16-,17-,18-,19-. The first-order valence-corrected chi connectivity index (χ1v) is 14.8. The molecule has 0 radical (unpaired) electrons. The SMILES string of the molecule is CC(C)(C)C#Cc1cc(N(C(=O)[C@H]2CC[C@H](C)CC2)[C@H]2CC[C@H](Sc3nc(N)n[nH]3)CC2)c(C(=O)O)s1. The molecule has 2 saturated carbocycles. The van der Waals surface area contributed by atoms with Crippen molar-refractivity contribution in [3.8, 4) is 11.8 Å². The van der Waals surface area contributed by atoms with Crippen molar-refractivity contribution in [1.82, 2.24) is 15.2 Å². The van der Waals surface area contributed by atoms with Gasteiger partial charge in [-0.2, -0.15) is 4.98 Å². The number of anilines is 2. The third kappa shape index (κ3) is 7.08. The van der Waals surface area contributed by atoms with Gasteiger partial charge in [-0.15, -0.1) is 16.4 Å². The number of rotatable bonds is 6. The summed E-state index contributed by atoms with van der Waals surface area (Å²) in [5, 5.41) is 17.9. The lowest BCUT2D eigenvalue weighted by atomic mass is 9.81. The van der Waals surface area contributed by atoms with Crippen molar-refractivity contribution in [2.45, 2.75) is 95.5 Å². The Hall–Kier alpha value is -2.51. The third-order valence-corrected chi connectivity index (χ3v) is 9.34. The second-order valence-electron chi connectivity index (χ2n) is 11.3. The van der Waals surface area contributed by atoms with Gasteiger partial charge in [-0.25, -0.2) is 4.79 Å². The molecular weight excluding hydrogens is 506 g/mol. The zero-order chi connectivity index (χ0) is 26.7. The Labute approximate surface area is 227 Å². The van der Waals surface area contributed by atoms with Gasteiger partial charge in [-0.1, -0.05) is 30.5 Å². The molecule has 2 aromatic rings. The molecule has 10 heteroatoms. The van der Waals surface area contributed by atoms with Crippen LogP contribution in [0.1, 0.15) is 93.6 Å². The van der Waals surface area contributed by atoms with Crippen LogP contribution in [0, 0.1) is 29.1 Å². The van der Waals surface area contributed by atoms with Gasteiger partial charge in [-0.05, 0) is 84.1 Å². The molecule has 0 aliphatic heterocycles. The van der Waals surface area contributed by atoms with Gasteiger partial charge >= 0.3 is 5.97 Å². The van der Waals surface area contributed by atoms with Crippen molar-refractivity contribution in [3.05, 3.63) is 15.8 Å². The maximum atomic E-state index is 14.0. The van der Waals surface area contributed by atoms with E-state index in [1.54, 1.807) is 11.8 Å². The van der Waals surface area contributed by atoms with Gasteiger partial charge in [0.25, 0.3) is 0 Å². The summed E-state index contributed by atoms with van der Waals surface area (Å²) in [5.41, 5.74) is 5.95. The van der Waals surface area contributed by atoms with Crippen LogP contribution in [0.15, 0.2) is 11.2 Å². The summed E-state index contributed by atoms with van der Waals surface area (Å²) < 4.78 is 0. The van der Waals surface area contributed by atoms with Gasteiger partial charge in [-0.3, -0.25) is 9.89 Å². The lowest BCUT2D eigenvalue weighted by Crippen LogP contribution is -2.46. The molecule has 0 aromatic carbocycles. The number of carboxylic acids is 1. The number of hydrogen-bond donors (Lipinski definition) is 3. The first-order chi connectivity index (χ1) is 17.5. The number of thioether (sulfide) groups is 1. The van der Waals surface area contributed by atoms with Gasteiger partial charge in [0.05, 0.1) is 10.6 Å². The number of carbonyl (C=O) groups is 2. The van der Waals surface area contributed by atoms with E-state index in [0.717, 1.165) is 51.4 Å². The number of nitrogens with one attached hydrogen (secondary N) is 1. The maximum absolute atomic E-state index is 14.0. The smallest absolute Gasteiger partial charge is 0.348 e. The fourth-order valence-corrected chi connectivity index (χ4v) is 7.02. The molecule has 4 N–H and O–H groups in total. The summed E-state index contributed by atoms with van der Waals surface area (Å²) in [6.07, 6.45) is 7.17. The molecule has 2 aliphatic carbocycles. The normalized spacial score (nSPS) is 24.2. The van der Waals surface area contributed by atoms with Crippen molar-refractivity contribution in [2.24, 2.45) is 17.3 Å². The van der Waals surface area contributed by atoms with E-state index in [4.69, 9.17) is 5.73 Å². The Morgan fingerprint density at radius 1 is 1.16 bits per heavy atom. The number of aromatic nitrogens is 3. The first-order valence-electron chi connectivity index (χ1n) is 13.1. The van der Waals surface area contributed by atoms with Gasteiger partial charge in [0.1, 0.15) is 4.88 Å². The highest BCUT2D eigenvalue weighted by Gasteiger charge is 2.37. The Morgan fingerprint density at radius 3 is 2.41 bits per heavy atom. The van der Waals surface area contributed by atoms with E-state index in [1.807, 2.05) is 31.7 Å². The predicted molar refractivity (Wildman–Crippen MR) is 149 cm³/mol. The molecule has 0 bridgehead atoms. The van der Waals surface area contributed by atoms with Crippen molar-refractivity contribution in [3.63, 3.8) is 0 Å². The van der Waals surface area contributed by atoms with Gasteiger partial charge in [0, 0.05) is 22.6 Å². The molecule has 2 aromatic heterocycles. The molecule has 0 saturated heterocycles. The summed E-state index contributed by atoms with van der Waals surface area (Å²) in [4.78, 5) is 33.3. The van der Waals surface area contributed by atoms with Crippen LogP contribution in [-0.4, -0.2) is 43.5 Å². The number of aromatic carboxylic acids is 1. The van der Waals surface area contributed by atoms with Crippen molar-refractivity contribution in [1.29, 1.82) is 0 Å². The topological polar surface area (TPSA) is 125 Å². The number of carboxylic acid groups (broad SMARTS) is 1. The molecule has 4 rings (SSSR count). The number of thiophene rings is 1. The largest absolute Gasteiger partial charge is 0.477 e. The Balaban J connectivity index is 1.61. The van der Waals surface area contributed by atoms with Crippen LogP contribution < -0.4 is 10.6 Å². The maximum Gasteiger partial charge on any atom is 0.348 e. The number of nitrogen functional groups attached to an aromatic ring is 1. The molecule has 2 fully saturated rings. The molecule has 2 aliphatic rings. The Morgan fingerprint density at radius 2 is 1.84 bits per heavy atom. The van der Waals surface area contributed by atoms with Crippen LogP contribution in [0.4, 0.5) is 11.6 Å². The second kappa shape index (κ2) is 11.5. The molecule has 200 valence electrons. The van der Waals surface area contributed by atoms with Crippen LogP contribution in [0.5, 0.6) is 0 Å². The minimum Gasteiger partial charge on any atom is -0.477 e. The van der Waals surface area contributed by atoms with Crippen LogP contribution >= 0.6 is 23.1 Å². The first kappa shape index (κ1) is 27.5. The molecule has 2 heterocycles. The summed E-state index contributed by atoms with van der Waals surface area (Å²) in [7, 11) is 0. The number of H-pyrrole nitrogens is 1. The average Bonchev–Trinajstić information content (AvgIpc) is 3.45. The van der Waals surface area contributed by atoms with E-state index < -0.39 is 5.97 Å². The van der Waals surface area contributed by atoms with Crippen LogP contribution in [0.3, 0.4) is 0 Å². The van der Waals surface area contributed by atoms with E-state index in [-0.39, 0.29) is 34.1 Å². The molecular formula is C27H37N5O3S2. The van der Waals surface area contributed by atoms with Crippen LogP contribution in [-0.2, 0) is 4.79 Å². The van der Waals surface area contributed by atoms with E-state index in [9.17, 15) is 14.7 Å². The van der Waals surface area contributed by atoms with Crippen LogP contribution in [0.25, 0.3) is 0 Å². The van der Waals surface area contributed by atoms with E-state index >= 15 is 0 Å². The Bertz CT molecular complexity index is 1170. The van der Waals surface area contributed by atoms with Crippen molar-refractivity contribution >= 4 is 46.6 Å². The highest BCUT2D eigenvalue weighted by molar-refractivity contribution is 7.99. The Kier molecular flexibility index (Phi) is 8.54. The summed E-state index contributed by atoms with van der Waals surface area (Å²) >= 11 is 2.80. The van der Waals surface area contributed by atoms with Gasteiger partial charge in [0.2, 0.25) is 11.9 Å². The average molecular weight is 544 g/mol. The number of nitrogens with zero attached hydrogens (tertiary/aromatic N) is 3. The highest BCUT2D eigenvalue weighted by Crippen LogP contribution is 2.41. The second-order valence-corrected chi connectivity index (χ2v) is 13.7. The number of carbonyl (C=O) groups excluding carboxylic acids is 1. The molecule has 0 spiro atoms. The van der Waals surface area contributed by atoms with E-state index in [2.05, 4.69) is 33.9 Å². The minimum atomic E-state index is -1.01. The third-order valence-electron chi connectivity index (χ3n) is 7.10. The predicted octanol–water partition coefficient (Wildman–Crippen LogP) is 5.81. The van der Waals surface area contributed by atoms with Gasteiger partial charge < -0.3 is 15.7 Å². The zero-order valence-electron chi connectivity index (χ0n) is 22.0. The van der Waals surface area contributed by atoms with E-state index in [1.165, 1.54) is 11.3 Å². The van der Waals surface area contributed by atoms with E-state index in [0.29, 0.717) is 26.9 Å². The fourth-order valence-electron chi connectivity index (χ4n) is 5.11. The quantitative estimate of drug-likeness (QED) is 0.393. The number of aromatic amines is 1. The summed E-state index contributed by atoms with van der Waals surface area (Å²) in [6, 6.07) is 1.79. The highest BCUT2D eigenvalue weighted by atomic mass is 32.2. The van der Waals surface area contributed by atoms with Gasteiger partial charge in [0.15, 0.2) is 5.16 Å². The van der Waals surface area contributed by atoms with Crippen molar-refractivity contribution in [2.75, 3.05) is 10.6 Å². The molecule has 1 amide bonds. The summed E-state index contributed by atoms with van der Waals surface area (Å²) in [6.45, 7) is 8.31. The molecule has 8 nitrogen and oxygen atoms in total. The number of hydrogen-bond acceptors (Lipinski definition) is 7. The molecule has 0 unspecified atom stereocenters. The monoisotopic (exact) mass is 543 g/mol. The summed E-state index contributed by atoms with van der Waals surface area (Å²) in [5.74, 6) is 6.22. The van der Waals surface area contributed by atoms with Crippen LogP contribution in [0.2, 0.25) is 0 Å². The molecule has 0 atom stereocenters. The minimum absolute atomic E-state index is 0.0420. The zero-order valence-corrected chi connectivity index (χ0v) is 23.7. The number of amides is 1. The molecule has 37 heavy (non-hydrogen) atoms.